The van der Waals surface area contributed by atoms with Crippen LogP contribution < -0.4 is 20.5 Å². The Hall–Kier alpha value is -2.83. The average Bonchev–Trinajstić information content (AvgIpc) is 2.73. The van der Waals surface area contributed by atoms with Crippen molar-refractivity contribution < 1.29 is 9.53 Å². The average molecular weight is 384 g/mol. The lowest BCUT2D eigenvalue weighted by Gasteiger charge is -2.33. The van der Waals surface area contributed by atoms with Crippen LogP contribution in [-0.2, 0) is 18.4 Å². The van der Waals surface area contributed by atoms with Crippen LogP contribution in [0.3, 0.4) is 0 Å². The van der Waals surface area contributed by atoms with Gasteiger partial charge >= 0.3 is 0 Å². The fourth-order valence-corrected chi connectivity index (χ4v) is 3.32. The van der Waals surface area contributed by atoms with Crippen molar-refractivity contribution in [2.45, 2.75) is 32.7 Å². The van der Waals surface area contributed by atoms with Crippen molar-refractivity contribution in [1.29, 1.82) is 0 Å². The van der Waals surface area contributed by atoms with Gasteiger partial charge in [-0.1, -0.05) is 19.1 Å². The van der Waals surface area contributed by atoms with Crippen molar-refractivity contribution in [1.82, 2.24) is 15.1 Å². The number of ether oxygens (including phenoxy) is 1. The Morgan fingerprint density at radius 3 is 2.82 bits per heavy atom. The van der Waals surface area contributed by atoms with Crippen LogP contribution in [0.4, 0.5) is 5.69 Å². The molecule has 1 amide bonds. The molecule has 7 nitrogen and oxygen atoms in total. The molecule has 7 heteroatoms. The number of anilines is 1. The molecule has 0 aliphatic carbocycles. The molecule has 0 spiro atoms. The summed E-state index contributed by atoms with van der Waals surface area (Å²) in [6.45, 7) is 4.71. The fraction of sp³-hybridized carbons (Fsp3) is 0.476. The van der Waals surface area contributed by atoms with Crippen LogP contribution in [0.25, 0.3) is 0 Å². The number of hydrogen-bond acceptors (Lipinski definition) is 5. The van der Waals surface area contributed by atoms with Crippen molar-refractivity contribution >= 4 is 11.6 Å². The van der Waals surface area contributed by atoms with Crippen molar-refractivity contribution in [3.8, 4) is 5.75 Å². The van der Waals surface area contributed by atoms with E-state index in [2.05, 4.69) is 22.2 Å². The maximum atomic E-state index is 12.6. The predicted molar refractivity (Wildman–Crippen MR) is 108 cm³/mol. The monoisotopic (exact) mass is 384 g/mol. The molecule has 2 heterocycles. The van der Waals surface area contributed by atoms with Gasteiger partial charge in [0.15, 0.2) is 0 Å². The van der Waals surface area contributed by atoms with E-state index in [0.717, 1.165) is 42.8 Å². The topological polar surface area (TPSA) is 76.5 Å². The summed E-state index contributed by atoms with van der Waals surface area (Å²) in [5.41, 5.74) is 1.68. The first kappa shape index (κ1) is 19.9. The minimum atomic E-state index is -0.143. The quantitative estimate of drug-likeness (QED) is 0.791. The van der Waals surface area contributed by atoms with E-state index in [-0.39, 0.29) is 17.4 Å². The third-order valence-electron chi connectivity index (χ3n) is 4.97. The second-order valence-corrected chi connectivity index (χ2v) is 7.17. The molecule has 150 valence electrons. The van der Waals surface area contributed by atoms with Crippen molar-refractivity contribution in [3.05, 3.63) is 52.4 Å². The Kier molecular flexibility index (Phi) is 6.68. The van der Waals surface area contributed by atoms with Gasteiger partial charge in [-0.25, -0.2) is 4.68 Å². The van der Waals surface area contributed by atoms with Crippen LogP contribution in [0.1, 0.15) is 31.7 Å². The molecule has 1 N–H and O–H groups in total. The van der Waals surface area contributed by atoms with Gasteiger partial charge in [-0.05, 0) is 37.0 Å². The summed E-state index contributed by atoms with van der Waals surface area (Å²) in [4.78, 5) is 26.5. The zero-order valence-electron chi connectivity index (χ0n) is 16.6. The van der Waals surface area contributed by atoms with Gasteiger partial charge in [-0.15, -0.1) is 0 Å². The molecule has 1 aromatic heterocycles. The Morgan fingerprint density at radius 2 is 2.11 bits per heavy atom. The SMILES string of the molecule is CCCOc1ccc(CNC(=O)C2CCCN(c3cnn(C)c(=O)c3)C2)cc1. The summed E-state index contributed by atoms with van der Waals surface area (Å²) in [6, 6.07) is 9.40. The largest absolute Gasteiger partial charge is 0.494 e. The summed E-state index contributed by atoms with van der Waals surface area (Å²) in [7, 11) is 1.63. The molecule has 1 aliphatic rings. The van der Waals surface area contributed by atoms with Crippen molar-refractivity contribution in [2.24, 2.45) is 13.0 Å². The molecule has 0 radical (unpaired) electrons. The number of benzene rings is 1. The van der Waals surface area contributed by atoms with E-state index >= 15 is 0 Å². The van der Waals surface area contributed by atoms with E-state index in [1.165, 1.54) is 4.68 Å². The van der Waals surface area contributed by atoms with Gasteiger partial charge in [0.05, 0.1) is 24.4 Å². The van der Waals surface area contributed by atoms with Gasteiger partial charge in [-0.3, -0.25) is 9.59 Å². The Balaban J connectivity index is 1.53. The fourth-order valence-electron chi connectivity index (χ4n) is 3.32. The molecular formula is C21H28N4O3. The number of piperidine rings is 1. The van der Waals surface area contributed by atoms with E-state index in [1.807, 2.05) is 24.3 Å². The molecule has 1 aliphatic heterocycles. The zero-order chi connectivity index (χ0) is 19.9. The van der Waals surface area contributed by atoms with Crippen LogP contribution >= 0.6 is 0 Å². The summed E-state index contributed by atoms with van der Waals surface area (Å²) in [6.07, 6.45) is 4.43. The van der Waals surface area contributed by atoms with Gasteiger partial charge in [0, 0.05) is 32.7 Å². The molecule has 1 aromatic carbocycles. The van der Waals surface area contributed by atoms with E-state index in [1.54, 1.807) is 19.3 Å². The lowest BCUT2D eigenvalue weighted by molar-refractivity contribution is -0.125. The summed E-state index contributed by atoms with van der Waals surface area (Å²) in [5, 5.41) is 7.11. The van der Waals surface area contributed by atoms with Gasteiger partial charge in [0.25, 0.3) is 5.56 Å². The maximum Gasteiger partial charge on any atom is 0.268 e. The third-order valence-corrected chi connectivity index (χ3v) is 4.97. The molecular weight excluding hydrogens is 356 g/mol. The summed E-state index contributed by atoms with van der Waals surface area (Å²) in [5.74, 6) is 0.806. The number of amides is 1. The number of aromatic nitrogens is 2. The van der Waals surface area contributed by atoms with Gasteiger partial charge in [0.2, 0.25) is 5.91 Å². The molecule has 28 heavy (non-hydrogen) atoms. The Labute approximate surface area is 165 Å². The van der Waals surface area contributed by atoms with E-state index in [0.29, 0.717) is 19.7 Å². The Bertz CT molecular complexity index is 847. The zero-order valence-corrected chi connectivity index (χ0v) is 16.6. The van der Waals surface area contributed by atoms with Crippen molar-refractivity contribution in [2.75, 3.05) is 24.6 Å². The molecule has 0 saturated carbocycles. The maximum absolute atomic E-state index is 12.6. The highest BCUT2D eigenvalue weighted by atomic mass is 16.5. The lowest BCUT2D eigenvalue weighted by Crippen LogP contribution is -2.43. The van der Waals surface area contributed by atoms with E-state index in [4.69, 9.17) is 4.74 Å². The van der Waals surface area contributed by atoms with Crippen molar-refractivity contribution in [3.63, 3.8) is 0 Å². The number of rotatable bonds is 7. The first-order chi connectivity index (χ1) is 13.6. The number of nitrogens with one attached hydrogen (secondary N) is 1. The minimum Gasteiger partial charge on any atom is -0.494 e. The third kappa shape index (κ3) is 5.12. The normalized spacial score (nSPS) is 16.6. The first-order valence-corrected chi connectivity index (χ1v) is 9.84. The summed E-state index contributed by atoms with van der Waals surface area (Å²) < 4.78 is 6.88. The number of aryl methyl sites for hydroxylation is 1. The van der Waals surface area contributed by atoms with E-state index in [9.17, 15) is 9.59 Å². The van der Waals surface area contributed by atoms with Crippen LogP contribution in [0.5, 0.6) is 5.75 Å². The number of carbonyl (C=O) groups excluding carboxylic acids is 1. The highest BCUT2D eigenvalue weighted by Gasteiger charge is 2.26. The van der Waals surface area contributed by atoms with Crippen LogP contribution in [0.15, 0.2) is 41.3 Å². The first-order valence-electron chi connectivity index (χ1n) is 9.84. The summed E-state index contributed by atoms with van der Waals surface area (Å²) >= 11 is 0. The second kappa shape index (κ2) is 9.39. The molecule has 1 fully saturated rings. The van der Waals surface area contributed by atoms with Crippen LogP contribution in [0.2, 0.25) is 0 Å². The Morgan fingerprint density at radius 1 is 1.32 bits per heavy atom. The van der Waals surface area contributed by atoms with Gasteiger partial charge in [0.1, 0.15) is 5.75 Å². The molecule has 1 saturated heterocycles. The van der Waals surface area contributed by atoms with Crippen LogP contribution in [0, 0.1) is 5.92 Å². The molecule has 3 rings (SSSR count). The van der Waals surface area contributed by atoms with E-state index < -0.39 is 0 Å². The molecule has 1 unspecified atom stereocenters. The predicted octanol–water partition coefficient (Wildman–Crippen LogP) is 2.10. The molecule has 2 aromatic rings. The van der Waals surface area contributed by atoms with Crippen LogP contribution in [-0.4, -0.2) is 35.4 Å². The number of carbonyl (C=O) groups is 1. The molecule has 1 atom stereocenters. The second-order valence-electron chi connectivity index (χ2n) is 7.17. The lowest BCUT2D eigenvalue weighted by atomic mass is 9.96. The number of nitrogens with zero attached hydrogens (tertiary/aromatic N) is 3. The highest BCUT2D eigenvalue weighted by molar-refractivity contribution is 5.79. The number of hydrogen-bond donors (Lipinski definition) is 1. The minimum absolute atomic E-state index is 0.0489. The van der Waals surface area contributed by atoms with Gasteiger partial charge < -0.3 is 15.0 Å². The standard InChI is InChI=1S/C21H28N4O3/c1-3-11-28-19-8-6-16(7-9-19)13-22-21(27)17-5-4-10-25(15-17)18-12-20(26)24(2)23-14-18/h6-9,12,14,17H,3-5,10-11,13,15H2,1-2H3,(H,22,27). The highest BCUT2D eigenvalue weighted by Crippen LogP contribution is 2.22. The smallest absolute Gasteiger partial charge is 0.268 e. The molecule has 0 bridgehead atoms. The van der Waals surface area contributed by atoms with Gasteiger partial charge in [-0.2, -0.15) is 5.10 Å².